The summed E-state index contributed by atoms with van der Waals surface area (Å²) in [6.45, 7) is 0. The summed E-state index contributed by atoms with van der Waals surface area (Å²) in [5.41, 5.74) is 33.2. The maximum atomic E-state index is 5.91. The Labute approximate surface area is 577 Å². The van der Waals surface area contributed by atoms with E-state index in [4.69, 9.17) is 19.9 Å². The molecule has 0 amide bonds. The number of nitrogens with zero attached hydrogens (tertiary/aromatic N) is 4. The summed E-state index contributed by atoms with van der Waals surface area (Å²) in [4.78, 5) is 22.5. The van der Waals surface area contributed by atoms with Crippen LogP contribution in [0.5, 0.6) is 0 Å². The molecule has 0 N–H and O–H groups in total. The average Bonchev–Trinajstić information content (AvgIpc) is 1.51. The SMILES string of the molecule is c1ccc2c(c1)-c1ccccc1C21c2ccccc2-c2ccc(-c3cc(-c4ccc5c(c4)C4(c6ccccc6-c6ccccc64)c4ccccc4-5)c4nc(-c5ccc(-c6nc7ccccc7c7ccccc67)cc5)nc(-c5ccc(-c6nc7ccccc7c7ccccc67)cc5)c4c3)cc21. The lowest BCUT2D eigenvalue weighted by molar-refractivity contribution is 0.794. The van der Waals surface area contributed by atoms with Crippen molar-refractivity contribution in [3.05, 3.63) is 384 Å². The Balaban J connectivity index is 0.811. The van der Waals surface area contributed by atoms with Gasteiger partial charge in [0.15, 0.2) is 5.82 Å². The largest absolute Gasteiger partial charge is 0.247 e. The lowest BCUT2D eigenvalue weighted by Gasteiger charge is -2.31. The molecule has 15 aromatic carbocycles. The molecular weight excluding hydrogens is 1210 g/mol. The fourth-order valence-electron chi connectivity index (χ4n) is 18.3. The molecule has 22 rings (SSSR count). The first-order valence-corrected chi connectivity index (χ1v) is 34.6. The van der Waals surface area contributed by atoms with E-state index in [1.54, 1.807) is 0 Å². The monoisotopic (exact) mass is 1260 g/mol. The molecular formula is C96H56N4. The van der Waals surface area contributed by atoms with Crippen LogP contribution in [0.25, 0.3) is 166 Å². The summed E-state index contributed by atoms with van der Waals surface area (Å²) in [7, 11) is 0. The predicted molar refractivity (Wildman–Crippen MR) is 410 cm³/mol. The van der Waals surface area contributed by atoms with Gasteiger partial charge < -0.3 is 0 Å². The number of para-hydroxylation sites is 2. The highest BCUT2D eigenvalue weighted by molar-refractivity contribution is 6.13. The lowest BCUT2D eigenvalue weighted by Crippen LogP contribution is -2.25. The summed E-state index contributed by atoms with van der Waals surface area (Å²) < 4.78 is 0. The van der Waals surface area contributed by atoms with Crippen molar-refractivity contribution in [1.82, 2.24) is 19.9 Å². The van der Waals surface area contributed by atoms with Gasteiger partial charge >= 0.3 is 0 Å². The number of rotatable bonds is 6. The Morgan fingerprint density at radius 3 is 0.900 bits per heavy atom. The minimum absolute atomic E-state index is 0.533. The standard InChI is InChI=1S/C96H56N4/c1-3-31-76-64(21-1)74-29-11-19-39-88(74)97-90(76)57-41-43-59(44-42-57)92-79-54-63(61-49-51-72-70-27-9-17-37-84(70)95(86(72)55-61)80-33-13-5-23-66(80)67-24-6-14-34-81(67)95)53-78(93(79)100-94(99-92)60-47-45-58(46-48-60)91-77-32-4-2-22-65(77)75-30-12-20-40-89(75)98-91)62-50-52-73-71-28-10-18-38-85(71)96(87(73)56-62)82-35-15-7-25-68(82)69-26-8-16-36-83(69)96/h1-56H. The first kappa shape index (κ1) is 55.1. The quantitative estimate of drug-likeness (QED) is 0.156. The van der Waals surface area contributed by atoms with Crippen LogP contribution in [-0.4, -0.2) is 19.9 Å². The molecule has 100 heavy (non-hydrogen) atoms. The maximum Gasteiger partial charge on any atom is 0.160 e. The van der Waals surface area contributed by atoms with Gasteiger partial charge in [-0.3, -0.25) is 0 Å². The minimum Gasteiger partial charge on any atom is -0.247 e. The van der Waals surface area contributed by atoms with Gasteiger partial charge in [-0.15, -0.1) is 0 Å². The first-order valence-electron chi connectivity index (χ1n) is 34.6. The van der Waals surface area contributed by atoms with Gasteiger partial charge in [-0.25, -0.2) is 19.9 Å². The molecule has 18 aromatic rings. The number of pyridine rings is 2. The molecule has 0 saturated heterocycles. The normalized spacial score (nSPS) is 13.6. The van der Waals surface area contributed by atoms with Crippen molar-refractivity contribution in [2.75, 3.05) is 0 Å². The summed E-state index contributed by atoms with van der Waals surface area (Å²) in [5, 5.41) is 7.81. The predicted octanol–water partition coefficient (Wildman–Crippen LogP) is 23.7. The highest BCUT2D eigenvalue weighted by Gasteiger charge is 2.53. The molecule has 3 heterocycles. The fraction of sp³-hybridized carbons (Fsp3) is 0.0208. The van der Waals surface area contributed by atoms with Gasteiger partial charge in [0.1, 0.15) is 0 Å². The van der Waals surface area contributed by atoms with Gasteiger partial charge in [0.25, 0.3) is 0 Å². The molecule has 460 valence electrons. The summed E-state index contributed by atoms with van der Waals surface area (Å²) in [6.07, 6.45) is 0. The zero-order valence-corrected chi connectivity index (χ0v) is 54.1. The van der Waals surface area contributed by atoms with Gasteiger partial charge in [-0.2, -0.15) is 0 Å². The molecule has 0 saturated carbocycles. The van der Waals surface area contributed by atoms with E-state index in [2.05, 4.69) is 340 Å². The van der Waals surface area contributed by atoms with Gasteiger partial charge in [0.2, 0.25) is 0 Å². The van der Waals surface area contributed by atoms with Gasteiger partial charge in [0.05, 0.1) is 44.5 Å². The average molecular weight is 1270 g/mol. The number of hydrogen-bond acceptors (Lipinski definition) is 4. The van der Waals surface area contributed by atoms with E-state index in [9.17, 15) is 0 Å². The number of hydrogen-bond donors (Lipinski definition) is 0. The van der Waals surface area contributed by atoms with Gasteiger partial charge in [0, 0.05) is 54.7 Å². The molecule has 4 heteroatoms. The molecule has 0 fully saturated rings. The smallest absolute Gasteiger partial charge is 0.160 e. The molecule has 0 radical (unpaired) electrons. The van der Waals surface area contributed by atoms with Crippen LogP contribution in [0.2, 0.25) is 0 Å². The van der Waals surface area contributed by atoms with Crippen LogP contribution in [0.15, 0.2) is 340 Å². The molecule has 0 atom stereocenters. The molecule has 3 aromatic heterocycles. The van der Waals surface area contributed by atoms with Crippen LogP contribution in [0, 0.1) is 0 Å². The topological polar surface area (TPSA) is 51.6 Å². The highest BCUT2D eigenvalue weighted by Crippen LogP contribution is 2.65. The van der Waals surface area contributed by atoms with Crippen molar-refractivity contribution in [3.8, 4) is 112 Å². The number of aromatic nitrogens is 4. The molecule has 4 aliphatic rings. The Morgan fingerprint density at radius 1 is 0.170 bits per heavy atom. The van der Waals surface area contributed by atoms with Crippen LogP contribution >= 0.6 is 0 Å². The van der Waals surface area contributed by atoms with Crippen LogP contribution in [-0.2, 0) is 10.8 Å². The summed E-state index contributed by atoms with van der Waals surface area (Å²) in [6, 6.07) is 126. The summed E-state index contributed by atoms with van der Waals surface area (Å²) >= 11 is 0. The van der Waals surface area contributed by atoms with Crippen molar-refractivity contribution in [2.24, 2.45) is 0 Å². The third kappa shape index (κ3) is 7.48. The van der Waals surface area contributed by atoms with Crippen LogP contribution < -0.4 is 0 Å². The van der Waals surface area contributed by atoms with E-state index >= 15 is 0 Å². The van der Waals surface area contributed by atoms with Crippen LogP contribution in [0.1, 0.15) is 44.5 Å². The molecule has 4 nitrogen and oxygen atoms in total. The second-order valence-corrected chi connectivity index (χ2v) is 27.3. The van der Waals surface area contributed by atoms with Crippen LogP contribution in [0.3, 0.4) is 0 Å². The zero-order chi connectivity index (χ0) is 65.4. The van der Waals surface area contributed by atoms with Crippen LogP contribution in [0.4, 0.5) is 0 Å². The lowest BCUT2D eigenvalue weighted by atomic mass is 9.70. The third-order valence-electron chi connectivity index (χ3n) is 22.5. The second kappa shape index (κ2) is 20.8. The Kier molecular flexibility index (Phi) is 11.4. The number of benzene rings is 15. The van der Waals surface area contributed by atoms with Crippen molar-refractivity contribution in [3.63, 3.8) is 0 Å². The first-order chi connectivity index (χ1) is 49.6. The minimum atomic E-state index is -0.565. The van der Waals surface area contributed by atoms with Gasteiger partial charge in [-0.1, -0.05) is 303 Å². The Bertz CT molecular complexity index is 6470. The van der Waals surface area contributed by atoms with Crippen molar-refractivity contribution < 1.29 is 0 Å². The molecule has 0 bridgehead atoms. The van der Waals surface area contributed by atoms with Crippen molar-refractivity contribution in [2.45, 2.75) is 10.8 Å². The Morgan fingerprint density at radius 2 is 0.480 bits per heavy atom. The van der Waals surface area contributed by atoms with E-state index < -0.39 is 10.8 Å². The van der Waals surface area contributed by atoms with E-state index in [1.165, 1.54) is 99.8 Å². The molecule has 2 spiro atoms. The Hall–Kier alpha value is -13.0. The van der Waals surface area contributed by atoms with Crippen molar-refractivity contribution >= 4 is 54.3 Å². The molecule has 0 aliphatic heterocycles. The van der Waals surface area contributed by atoms with E-state index in [-0.39, 0.29) is 0 Å². The molecule has 4 aliphatic carbocycles. The van der Waals surface area contributed by atoms with E-state index in [0.717, 1.165) is 105 Å². The third-order valence-corrected chi connectivity index (χ3v) is 22.5. The second-order valence-electron chi connectivity index (χ2n) is 27.3. The maximum absolute atomic E-state index is 5.91. The summed E-state index contributed by atoms with van der Waals surface area (Å²) in [5.74, 6) is 0.630. The molecule has 0 unspecified atom stereocenters. The van der Waals surface area contributed by atoms with E-state index in [1.807, 2.05) is 0 Å². The zero-order valence-electron chi connectivity index (χ0n) is 54.1. The van der Waals surface area contributed by atoms with Crippen molar-refractivity contribution in [1.29, 1.82) is 0 Å². The fourth-order valence-corrected chi connectivity index (χ4v) is 18.3. The highest BCUT2D eigenvalue weighted by atomic mass is 14.9. The number of fused-ring (bicyclic) bond motifs is 27. The van der Waals surface area contributed by atoms with Gasteiger partial charge in [-0.05, 0) is 153 Å². The van der Waals surface area contributed by atoms with E-state index in [0.29, 0.717) is 5.82 Å².